The van der Waals surface area contributed by atoms with E-state index in [4.69, 9.17) is 0 Å². The summed E-state index contributed by atoms with van der Waals surface area (Å²) in [4.78, 5) is 1.19. The Morgan fingerprint density at radius 2 is 1.80 bits per heavy atom. The first-order valence-corrected chi connectivity index (χ1v) is 7.32. The number of benzene rings is 2. The van der Waals surface area contributed by atoms with Gasteiger partial charge in [-0.15, -0.1) is 11.8 Å². The minimum atomic E-state index is -2.82. The average Bonchev–Trinajstić information content (AvgIpc) is 2.46. The lowest BCUT2D eigenvalue weighted by Crippen LogP contribution is -2.06. The molecule has 0 aliphatic carbocycles. The predicted molar refractivity (Wildman–Crippen MR) is 78.6 cm³/mol. The van der Waals surface area contributed by atoms with Crippen LogP contribution in [0.2, 0.25) is 0 Å². The molecule has 0 spiro atoms. The van der Waals surface area contributed by atoms with Gasteiger partial charge in [-0.3, -0.25) is 0 Å². The van der Waals surface area contributed by atoms with E-state index >= 15 is 0 Å². The summed E-state index contributed by atoms with van der Waals surface area (Å²) in [5, 5.41) is 3.11. The van der Waals surface area contributed by atoms with Gasteiger partial charge in [-0.1, -0.05) is 24.3 Å². The van der Waals surface area contributed by atoms with E-state index < -0.39 is 6.61 Å². The lowest BCUT2D eigenvalue weighted by Gasteiger charge is -2.12. The van der Waals surface area contributed by atoms with E-state index in [9.17, 15) is 8.78 Å². The van der Waals surface area contributed by atoms with E-state index in [1.807, 2.05) is 30.5 Å². The van der Waals surface area contributed by atoms with Crippen LogP contribution in [0.1, 0.15) is 5.56 Å². The third-order valence-electron chi connectivity index (χ3n) is 2.75. The highest BCUT2D eigenvalue weighted by Crippen LogP contribution is 2.26. The Kier molecular flexibility index (Phi) is 5.24. The van der Waals surface area contributed by atoms with E-state index in [-0.39, 0.29) is 5.75 Å². The molecule has 1 N–H and O–H groups in total. The molecule has 0 aromatic heterocycles. The van der Waals surface area contributed by atoms with Crippen LogP contribution in [0, 0.1) is 0 Å². The van der Waals surface area contributed by atoms with Gasteiger partial charge < -0.3 is 10.1 Å². The van der Waals surface area contributed by atoms with Crippen LogP contribution in [0.25, 0.3) is 0 Å². The molecule has 0 atom stereocenters. The number of halogens is 2. The number of anilines is 1. The van der Waals surface area contributed by atoms with Gasteiger partial charge in [-0.25, -0.2) is 0 Å². The van der Waals surface area contributed by atoms with Gasteiger partial charge in [0.05, 0.1) is 5.69 Å². The van der Waals surface area contributed by atoms with E-state index in [0.29, 0.717) is 12.2 Å². The van der Waals surface area contributed by atoms with Crippen molar-refractivity contribution >= 4 is 17.4 Å². The zero-order chi connectivity index (χ0) is 14.4. The SMILES string of the molecule is CSc1ccc(CNc2ccccc2OC(F)F)cc1. The summed E-state index contributed by atoms with van der Waals surface area (Å²) in [7, 11) is 0. The van der Waals surface area contributed by atoms with Gasteiger partial charge in [-0.05, 0) is 36.1 Å². The summed E-state index contributed by atoms with van der Waals surface area (Å²) in [5.74, 6) is 0.156. The highest BCUT2D eigenvalue weighted by Gasteiger charge is 2.08. The first kappa shape index (κ1) is 14.7. The quantitative estimate of drug-likeness (QED) is 0.786. The molecule has 5 heteroatoms. The Balaban J connectivity index is 2.02. The molecular weight excluding hydrogens is 280 g/mol. The monoisotopic (exact) mass is 295 g/mol. The van der Waals surface area contributed by atoms with Gasteiger partial charge >= 0.3 is 6.61 Å². The number of rotatable bonds is 6. The molecule has 0 amide bonds. The fourth-order valence-corrected chi connectivity index (χ4v) is 2.16. The molecule has 20 heavy (non-hydrogen) atoms. The number of para-hydroxylation sites is 2. The van der Waals surface area contributed by atoms with Crippen LogP contribution in [0.5, 0.6) is 5.75 Å². The van der Waals surface area contributed by atoms with E-state index in [1.165, 1.54) is 11.0 Å². The third-order valence-corrected chi connectivity index (χ3v) is 3.49. The van der Waals surface area contributed by atoms with Gasteiger partial charge in [0, 0.05) is 11.4 Å². The summed E-state index contributed by atoms with van der Waals surface area (Å²) in [6.45, 7) is -2.27. The van der Waals surface area contributed by atoms with Crippen molar-refractivity contribution in [3.8, 4) is 5.75 Å². The van der Waals surface area contributed by atoms with E-state index in [0.717, 1.165) is 5.56 Å². The molecule has 0 bridgehead atoms. The van der Waals surface area contributed by atoms with Gasteiger partial charge in [0.1, 0.15) is 5.75 Å². The van der Waals surface area contributed by atoms with Crippen LogP contribution >= 0.6 is 11.8 Å². The van der Waals surface area contributed by atoms with E-state index in [1.54, 1.807) is 30.0 Å². The minimum absolute atomic E-state index is 0.156. The predicted octanol–water partition coefficient (Wildman–Crippen LogP) is 4.62. The summed E-state index contributed by atoms with van der Waals surface area (Å²) in [5.41, 5.74) is 1.64. The van der Waals surface area contributed by atoms with E-state index in [2.05, 4.69) is 10.1 Å². The van der Waals surface area contributed by atoms with Crippen molar-refractivity contribution in [2.24, 2.45) is 0 Å². The minimum Gasteiger partial charge on any atom is -0.433 e. The second kappa shape index (κ2) is 7.14. The Hall–Kier alpha value is -1.75. The zero-order valence-corrected chi connectivity index (χ0v) is 11.8. The number of alkyl halides is 2. The fourth-order valence-electron chi connectivity index (χ4n) is 1.75. The molecule has 2 aromatic rings. The normalized spacial score (nSPS) is 10.6. The van der Waals surface area contributed by atoms with Crippen molar-refractivity contribution < 1.29 is 13.5 Å². The van der Waals surface area contributed by atoms with Crippen LogP contribution in [0.15, 0.2) is 53.4 Å². The first-order valence-electron chi connectivity index (χ1n) is 6.09. The molecule has 0 aliphatic heterocycles. The van der Waals surface area contributed by atoms with Crippen molar-refractivity contribution in [3.63, 3.8) is 0 Å². The van der Waals surface area contributed by atoms with Crippen molar-refractivity contribution in [2.45, 2.75) is 18.1 Å². The van der Waals surface area contributed by atoms with Crippen molar-refractivity contribution in [1.29, 1.82) is 0 Å². The average molecular weight is 295 g/mol. The lowest BCUT2D eigenvalue weighted by atomic mass is 10.2. The maximum absolute atomic E-state index is 12.3. The van der Waals surface area contributed by atoms with Gasteiger partial charge in [0.15, 0.2) is 0 Å². The smallest absolute Gasteiger partial charge is 0.387 e. The molecule has 0 fully saturated rings. The molecule has 2 aromatic carbocycles. The Morgan fingerprint density at radius 1 is 1.10 bits per heavy atom. The van der Waals surface area contributed by atoms with Crippen LogP contribution in [-0.2, 0) is 6.54 Å². The Bertz CT molecular complexity index is 546. The number of hydrogen-bond acceptors (Lipinski definition) is 3. The largest absolute Gasteiger partial charge is 0.433 e. The molecular formula is C15H15F2NOS. The van der Waals surface area contributed by atoms with Crippen LogP contribution < -0.4 is 10.1 Å². The van der Waals surface area contributed by atoms with Crippen molar-refractivity contribution in [3.05, 3.63) is 54.1 Å². The summed E-state index contributed by atoms with van der Waals surface area (Å²) in [6.07, 6.45) is 2.02. The van der Waals surface area contributed by atoms with Crippen molar-refractivity contribution in [2.75, 3.05) is 11.6 Å². The third kappa shape index (κ3) is 4.13. The topological polar surface area (TPSA) is 21.3 Å². The maximum Gasteiger partial charge on any atom is 0.387 e. The van der Waals surface area contributed by atoms with Gasteiger partial charge in [-0.2, -0.15) is 8.78 Å². The first-order chi connectivity index (χ1) is 9.69. The molecule has 0 aliphatic rings. The van der Waals surface area contributed by atoms with Crippen molar-refractivity contribution in [1.82, 2.24) is 0 Å². The molecule has 2 nitrogen and oxygen atoms in total. The van der Waals surface area contributed by atoms with Gasteiger partial charge in [0.2, 0.25) is 0 Å². The van der Waals surface area contributed by atoms with Crippen LogP contribution in [-0.4, -0.2) is 12.9 Å². The molecule has 2 rings (SSSR count). The fraction of sp³-hybridized carbons (Fsp3) is 0.200. The molecule has 0 saturated heterocycles. The number of hydrogen-bond donors (Lipinski definition) is 1. The Morgan fingerprint density at radius 3 is 2.45 bits per heavy atom. The summed E-state index contributed by atoms with van der Waals surface area (Å²) in [6, 6.07) is 14.8. The molecule has 0 saturated carbocycles. The van der Waals surface area contributed by atoms with Crippen LogP contribution in [0.4, 0.5) is 14.5 Å². The molecule has 0 radical (unpaired) electrons. The Labute approximate surface area is 121 Å². The maximum atomic E-state index is 12.3. The number of thioether (sulfide) groups is 1. The second-order valence-electron chi connectivity index (χ2n) is 4.08. The molecule has 106 valence electrons. The van der Waals surface area contributed by atoms with Gasteiger partial charge in [0.25, 0.3) is 0 Å². The molecule has 0 heterocycles. The standard InChI is InChI=1S/C15H15F2NOS/c1-20-12-8-6-11(7-9-12)10-18-13-4-2-3-5-14(13)19-15(16)17/h2-9,15,18H,10H2,1H3. The van der Waals surface area contributed by atoms with Crippen LogP contribution in [0.3, 0.4) is 0 Å². The number of ether oxygens (including phenoxy) is 1. The zero-order valence-electron chi connectivity index (χ0n) is 11.0. The summed E-state index contributed by atoms with van der Waals surface area (Å²) >= 11 is 1.68. The number of nitrogens with one attached hydrogen (secondary N) is 1. The highest BCUT2D eigenvalue weighted by atomic mass is 32.2. The molecule has 0 unspecified atom stereocenters. The second-order valence-corrected chi connectivity index (χ2v) is 4.96. The lowest BCUT2D eigenvalue weighted by molar-refractivity contribution is -0.0493. The summed E-state index contributed by atoms with van der Waals surface area (Å²) < 4.78 is 29.1. The highest BCUT2D eigenvalue weighted by molar-refractivity contribution is 7.98.